The molecule has 1 saturated carbocycles. The highest BCUT2D eigenvalue weighted by atomic mass is 16.5. The van der Waals surface area contributed by atoms with Crippen LogP contribution in [0, 0.1) is 11.8 Å². The molecular formula is C26H32N4O2. The van der Waals surface area contributed by atoms with Crippen LogP contribution in [0.2, 0.25) is 0 Å². The lowest BCUT2D eigenvalue weighted by atomic mass is 9.81. The van der Waals surface area contributed by atoms with Crippen LogP contribution in [0.1, 0.15) is 43.1 Å². The Bertz CT molecular complexity index is 992. The van der Waals surface area contributed by atoms with Gasteiger partial charge in [-0.15, -0.1) is 0 Å². The molecule has 1 heterocycles. The van der Waals surface area contributed by atoms with Crippen molar-refractivity contribution >= 4 is 5.91 Å². The second-order valence-corrected chi connectivity index (χ2v) is 8.60. The molecule has 1 atom stereocenters. The molecule has 0 radical (unpaired) electrons. The monoisotopic (exact) mass is 432 g/mol. The van der Waals surface area contributed by atoms with Crippen LogP contribution in [0.5, 0.6) is 5.75 Å². The Balaban J connectivity index is 1.51. The number of carbonyl (C=O) groups excluding carboxylic acids is 1. The number of hydrogen-bond acceptors (Lipinski definition) is 4. The predicted molar refractivity (Wildman–Crippen MR) is 126 cm³/mol. The van der Waals surface area contributed by atoms with Crippen molar-refractivity contribution in [1.29, 1.82) is 0 Å². The molecule has 4 rings (SSSR count). The van der Waals surface area contributed by atoms with Crippen LogP contribution in [0.4, 0.5) is 0 Å². The number of ether oxygens (including phenoxy) is 1. The van der Waals surface area contributed by atoms with Crippen LogP contribution >= 0.6 is 0 Å². The highest BCUT2D eigenvalue weighted by Gasteiger charge is 2.28. The molecule has 1 fully saturated rings. The van der Waals surface area contributed by atoms with Gasteiger partial charge in [0.2, 0.25) is 5.91 Å². The number of nitrogens with one attached hydrogen (secondary N) is 2. The van der Waals surface area contributed by atoms with Gasteiger partial charge in [-0.2, -0.15) is 0 Å². The Morgan fingerprint density at radius 3 is 2.50 bits per heavy atom. The average molecular weight is 433 g/mol. The third kappa shape index (κ3) is 5.37. The number of aromatic nitrogens is 2. The zero-order valence-electron chi connectivity index (χ0n) is 18.6. The van der Waals surface area contributed by atoms with E-state index in [1.807, 2.05) is 48.7 Å². The second kappa shape index (κ2) is 10.5. The average Bonchev–Trinajstić information content (AvgIpc) is 3.35. The van der Waals surface area contributed by atoms with Crippen LogP contribution in [-0.4, -0.2) is 29.5 Å². The maximum Gasteiger partial charge on any atom is 0.223 e. The van der Waals surface area contributed by atoms with Gasteiger partial charge in [0.15, 0.2) is 0 Å². The first kappa shape index (κ1) is 22.1. The molecule has 1 aromatic heterocycles. The first-order valence-corrected chi connectivity index (χ1v) is 11.4. The number of H-pyrrole nitrogens is 1. The second-order valence-electron chi connectivity index (χ2n) is 8.60. The molecule has 0 aliphatic heterocycles. The molecular weight excluding hydrogens is 400 g/mol. The molecule has 0 saturated heterocycles. The lowest BCUT2D eigenvalue weighted by Crippen LogP contribution is -2.37. The number of hydrogen-bond donors (Lipinski definition) is 3. The van der Waals surface area contributed by atoms with Gasteiger partial charge < -0.3 is 20.8 Å². The maximum absolute atomic E-state index is 13.1. The molecule has 6 heteroatoms. The summed E-state index contributed by atoms with van der Waals surface area (Å²) < 4.78 is 5.25. The van der Waals surface area contributed by atoms with E-state index < -0.39 is 0 Å². The van der Waals surface area contributed by atoms with Gasteiger partial charge in [0, 0.05) is 17.7 Å². The Hall–Kier alpha value is -3.12. The fraction of sp³-hybridized carbons (Fsp3) is 0.385. The molecule has 0 unspecified atom stereocenters. The highest BCUT2D eigenvalue weighted by Crippen LogP contribution is 2.29. The van der Waals surface area contributed by atoms with E-state index in [0.29, 0.717) is 18.9 Å². The summed E-state index contributed by atoms with van der Waals surface area (Å²) in [5.41, 5.74) is 8.82. The molecule has 168 valence electrons. The van der Waals surface area contributed by atoms with E-state index in [4.69, 9.17) is 15.5 Å². The van der Waals surface area contributed by atoms with Crippen molar-refractivity contribution in [3.8, 4) is 17.0 Å². The normalized spacial score (nSPS) is 19.3. The number of rotatable bonds is 8. The van der Waals surface area contributed by atoms with Crippen LogP contribution in [-0.2, 0) is 11.2 Å². The van der Waals surface area contributed by atoms with Crippen molar-refractivity contribution < 1.29 is 9.53 Å². The molecule has 6 nitrogen and oxygen atoms in total. The van der Waals surface area contributed by atoms with E-state index >= 15 is 0 Å². The summed E-state index contributed by atoms with van der Waals surface area (Å²) in [5.74, 6) is 2.29. The molecule has 32 heavy (non-hydrogen) atoms. The number of carbonyl (C=O) groups is 1. The minimum absolute atomic E-state index is 0.0482. The Kier molecular flexibility index (Phi) is 7.22. The Morgan fingerprint density at radius 1 is 1.12 bits per heavy atom. The topological polar surface area (TPSA) is 93.0 Å². The maximum atomic E-state index is 13.1. The Morgan fingerprint density at radius 2 is 1.84 bits per heavy atom. The number of benzene rings is 2. The van der Waals surface area contributed by atoms with Gasteiger partial charge in [0.25, 0.3) is 0 Å². The molecule has 0 bridgehead atoms. The van der Waals surface area contributed by atoms with Gasteiger partial charge in [0.1, 0.15) is 11.6 Å². The van der Waals surface area contributed by atoms with Gasteiger partial charge in [-0.05, 0) is 74.4 Å². The molecule has 0 spiro atoms. The molecule has 2 aromatic carbocycles. The van der Waals surface area contributed by atoms with Gasteiger partial charge >= 0.3 is 0 Å². The first-order chi connectivity index (χ1) is 15.7. The van der Waals surface area contributed by atoms with Crippen molar-refractivity contribution in [1.82, 2.24) is 15.3 Å². The number of aromatic amines is 1. The SMILES string of the molecule is COc1ccc(-c2c[nH]c([C@H](Cc3ccccc3)NC(=O)[C@H]3CC[C@H](CN)CC3)n2)cc1. The standard InChI is InChI=1S/C26H32N4O2/c1-32-22-13-11-20(12-14-22)24-17-28-25(29-24)23(15-18-5-3-2-4-6-18)30-26(31)21-9-7-19(16-27)8-10-21/h2-6,11-14,17,19,21,23H,7-10,15-16,27H2,1H3,(H,28,29)(H,30,31)/t19-,21-,23-/m0/s1. The van der Waals surface area contributed by atoms with E-state index in [0.717, 1.165) is 54.1 Å². The van der Waals surface area contributed by atoms with E-state index in [9.17, 15) is 4.79 Å². The quantitative estimate of drug-likeness (QED) is 0.496. The van der Waals surface area contributed by atoms with Gasteiger partial charge in [-0.3, -0.25) is 4.79 Å². The van der Waals surface area contributed by atoms with Gasteiger partial charge in [0.05, 0.1) is 18.8 Å². The summed E-state index contributed by atoms with van der Waals surface area (Å²) >= 11 is 0. The van der Waals surface area contributed by atoms with E-state index in [-0.39, 0.29) is 17.9 Å². The van der Waals surface area contributed by atoms with Crippen molar-refractivity contribution in [2.24, 2.45) is 17.6 Å². The van der Waals surface area contributed by atoms with E-state index in [1.54, 1.807) is 7.11 Å². The number of methoxy groups -OCH3 is 1. The minimum atomic E-state index is -0.218. The fourth-order valence-electron chi connectivity index (χ4n) is 4.44. The van der Waals surface area contributed by atoms with Crippen molar-refractivity contribution in [3.05, 3.63) is 72.2 Å². The number of imidazole rings is 1. The van der Waals surface area contributed by atoms with Crippen LogP contribution < -0.4 is 15.8 Å². The molecule has 1 aliphatic rings. The number of nitrogens with two attached hydrogens (primary N) is 1. The smallest absolute Gasteiger partial charge is 0.223 e. The molecule has 4 N–H and O–H groups in total. The van der Waals surface area contributed by atoms with Crippen LogP contribution in [0.3, 0.4) is 0 Å². The zero-order chi connectivity index (χ0) is 22.3. The third-order valence-corrected chi connectivity index (χ3v) is 6.46. The van der Waals surface area contributed by atoms with E-state index in [1.165, 1.54) is 0 Å². The summed E-state index contributed by atoms with van der Waals surface area (Å²) in [5, 5.41) is 3.28. The van der Waals surface area contributed by atoms with Crippen molar-refractivity contribution in [2.75, 3.05) is 13.7 Å². The zero-order valence-corrected chi connectivity index (χ0v) is 18.6. The molecule has 1 aliphatic carbocycles. The Labute approximate surface area is 189 Å². The van der Waals surface area contributed by atoms with Crippen molar-refractivity contribution in [3.63, 3.8) is 0 Å². The minimum Gasteiger partial charge on any atom is -0.497 e. The van der Waals surface area contributed by atoms with Crippen LogP contribution in [0.15, 0.2) is 60.8 Å². The lowest BCUT2D eigenvalue weighted by Gasteiger charge is -2.28. The van der Waals surface area contributed by atoms with Gasteiger partial charge in [-0.1, -0.05) is 30.3 Å². The first-order valence-electron chi connectivity index (χ1n) is 11.4. The third-order valence-electron chi connectivity index (χ3n) is 6.46. The number of amides is 1. The largest absolute Gasteiger partial charge is 0.497 e. The summed E-state index contributed by atoms with van der Waals surface area (Å²) in [7, 11) is 1.65. The van der Waals surface area contributed by atoms with E-state index in [2.05, 4.69) is 22.4 Å². The summed E-state index contributed by atoms with van der Waals surface area (Å²) in [6.07, 6.45) is 6.44. The summed E-state index contributed by atoms with van der Waals surface area (Å²) in [6, 6.07) is 17.8. The molecule has 1 amide bonds. The van der Waals surface area contributed by atoms with Gasteiger partial charge in [-0.25, -0.2) is 4.98 Å². The fourth-order valence-corrected chi connectivity index (χ4v) is 4.44. The number of nitrogens with zero attached hydrogens (tertiary/aromatic N) is 1. The van der Waals surface area contributed by atoms with Crippen molar-refractivity contribution in [2.45, 2.75) is 38.1 Å². The summed E-state index contributed by atoms with van der Waals surface area (Å²) in [6.45, 7) is 0.714. The molecule has 3 aromatic rings. The highest BCUT2D eigenvalue weighted by molar-refractivity contribution is 5.79. The lowest BCUT2D eigenvalue weighted by molar-refractivity contribution is -0.127. The predicted octanol–water partition coefficient (Wildman–Crippen LogP) is 4.25. The summed E-state index contributed by atoms with van der Waals surface area (Å²) in [4.78, 5) is 21.2. The van der Waals surface area contributed by atoms with Crippen LogP contribution in [0.25, 0.3) is 11.3 Å².